The Labute approximate surface area is 123 Å². The summed E-state index contributed by atoms with van der Waals surface area (Å²) in [6.45, 7) is 2.58. The number of aryl methyl sites for hydroxylation is 1. The maximum Gasteiger partial charge on any atom is 0.262 e. The van der Waals surface area contributed by atoms with Crippen LogP contribution in [0.2, 0.25) is 0 Å². The molecule has 2 aromatic rings. The lowest BCUT2D eigenvalue weighted by Crippen LogP contribution is -2.12. The van der Waals surface area contributed by atoms with E-state index < -0.39 is 10.0 Å². The van der Waals surface area contributed by atoms with Gasteiger partial charge in [0.25, 0.3) is 10.0 Å². The zero-order valence-corrected chi connectivity index (χ0v) is 12.8. The molecule has 0 atom stereocenters. The minimum Gasteiger partial charge on any atom is -0.493 e. The van der Waals surface area contributed by atoms with E-state index >= 15 is 0 Å². The van der Waals surface area contributed by atoms with Gasteiger partial charge < -0.3 is 9.47 Å². The molecule has 2 rings (SSSR count). The zero-order chi connectivity index (χ0) is 15.5. The maximum atomic E-state index is 12.3. The van der Waals surface area contributed by atoms with Crippen LogP contribution in [0, 0.1) is 0 Å². The predicted octanol–water partition coefficient (Wildman–Crippen LogP) is 1.72. The van der Waals surface area contributed by atoms with Crippen LogP contribution in [0.3, 0.4) is 0 Å². The second-order valence-electron chi connectivity index (χ2n) is 4.21. The summed E-state index contributed by atoms with van der Waals surface area (Å²) in [5.74, 6) is 0.819. The number of anilines is 1. The lowest BCUT2D eigenvalue weighted by Gasteiger charge is -2.10. The van der Waals surface area contributed by atoms with Gasteiger partial charge in [-0.2, -0.15) is 5.10 Å². The summed E-state index contributed by atoms with van der Waals surface area (Å²) in [5, 5.41) is 4.02. The molecule has 0 aliphatic rings. The molecule has 0 saturated carbocycles. The van der Waals surface area contributed by atoms with E-state index in [2.05, 4.69) is 9.82 Å². The SMILES string of the molecule is CCn1cc(NS(=O)(=O)c2ccc(OC)c(OC)c2)cn1. The fraction of sp³-hybridized carbons (Fsp3) is 0.308. The monoisotopic (exact) mass is 311 g/mol. The Morgan fingerprint density at radius 2 is 1.95 bits per heavy atom. The molecular formula is C13H17N3O4S. The van der Waals surface area contributed by atoms with E-state index in [0.29, 0.717) is 23.7 Å². The number of nitrogens with zero attached hydrogens (tertiary/aromatic N) is 2. The maximum absolute atomic E-state index is 12.3. The largest absolute Gasteiger partial charge is 0.493 e. The molecule has 0 unspecified atom stereocenters. The molecule has 0 aliphatic heterocycles. The molecule has 1 N–H and O–H groups in total. The van der Waals surface area contributed by atoms with Crippen LogP contribution in [-0.2, 0) is 16.6 Å². The number of benzene rings is 1. The molecule has 0 fully saturated rings. The topological polar surface area (TPSA) is 82.5 Å². The number of methoxy groups -OCH3 is 2. The summed E-state index contributed by atoms with van der Waals surface area (Å²) in [5.41, 5.74) is 0.409. The Bertz CT molecular complexity index is 725. The third-order valence-corrected chi connectivity index (χ3v) is 4.25. The molecule has 1 heterocycles. The van der Waals surface area contributed by atoms with Crippen molar-refractivity contribution < 1.29 is 17.9 Å². The Balaban J connectivity index is 2.30. The van der Waals surface area contributed by atoms with Crippen molar-refractivity contribution in [1.82, 2.24) is 9.78 Å². The smallest absolute Gasteiger partial charge is 0.262 e. The minimum atomic E-state index is -3.70. The van der Waals surface area contributed by atoms with E-state index in [1.54, 1.807) is 16.9 Å². The van der Waals surface area contributed by atoms with E-state index in [1.807, 2.05) is 6.92 Å². The van der Waals surface area contributed by atoms with Crippen LogP contribution in [0.25, 0.3) is 0 Å². The summed E-state index contributed by atoms with van der Waals surface area (Å²) < 4.78 is 38.9. The van der Waals surface area contributed by atoms with Gasteiger partial charge in [-0.05, 0) is 19.1 Å². The van der Waals surface area contributed by atoms with Crippen LogP contribution in [0.15, 0.2) is 35.5 Å². The quantitative estimate of drug-likeness (QED) is 0.878. The van der Waals surface area contributed by atoms with E-state index in [4.69, 9.17) is 9.47 Å². The first-order chi connectivity index (χ1) is 10.00. The lowest BCUT2D eigenvalue weighted by molar-refractivity contribution is 0.354. The minimum absolute atomic E-state index is 0.0874. The van der Waals surface area contributed by atoms with Crippen LogP contribution in [0.1, 0.15) is 6.92 Å². The molecule has 8 heteroatoms. The van der Waals surface area contributed by atoms with Crippen LogP contribution < -0.4 is 14.2 Å². The van der Waals surface area contributed by atoms with Crippen molar-refractivity contribution in [2.75, 3.05) is 18.9 Å². The first-order valence-electron chi connectivity index (χ1n) is 6.27. The van der Waals surface area contributed by atoms with Gasteiger partial charge in [0, 0.05) is 18.8 Å². The molecular weight excluding hydrogens is 294 g/mol. The fourth-order valence-electron chi connectivity index (χ4n) is 1.79. The van der Waals surface area contributed by atoms with Crippen molar-refractivity contribution in [3.8, 4) is 11.5 Å². The summed E-state index contributed by atoms with van der Waals surface area (Å²) in [4.78, 5) is 0.0874. The molecule has 0 spiro atoms. The van der Waals surface area contributed by atoms with Crippen molar-refractivity contribution in [2.45, 2.75) is 18.4 Å². The average Bonchev–Trinajstić information content (AvgIpc) is 2.93. The van der Waals surface area contributed by atoms with Gasteiger partial charge in [0.05, 0.1) is 31.0 Å². The Morgan fingerprint density at radius 1 is 1.24 bits per heavy atom. The first kappa shape index (κ1) is 15.2. The molecule has 0 saturated heterocycles. The first-order valence-corrected chi connectivity index (χ1v) is 7.75. The van der Waals surface area contributed by atoms with E-state index in [-0.39, 0.29) is 4.90 Å². The Morgan fingerprint density at radius 3 is 2.52 bits per heavy atom. The van der Waals surface area contributed by atoms with Gasteiger partial charge in [-0.3, -0.25) is 9.40 Å². The molecule has 1 aromatic carbocycles. The number of ether oxygens (including phenoxy) is 2. The van der Waals surface area contributed by atoms with Crippen LogP contribution >= 0.6 is 0 Å². The van der Waals surface area contributed by atoms with Crippen molar-refractivity contribution in [3.63, 3.8) is 0 Å². The van der Waals surface area contributed by atoms with Gasteiger partial charge in [0.1, 0.15) is 0 Å². The van der Waals surface area contributed by atoms with Gasteiger partial charge in [0.15, 0.2) is 11.5 Å². The number of rotatable bonds is 6. The van der Waals surface area contributed by atoms with Gasteiger partial charge in [-0.15, -0.1) is 0 Å². The fourth-order valence-corrected chi connectivity index (χ4v) is 2.83. The van der Waals surface area contributed by atoms with Crippen molar-refractivity contribution >= 4 is 15.7 Å². The Hall–Kier alpha value is -2.22. The highest BCUT2D eigenvalue weighted by Crippen LogP contribution is 2.30. The number of sulfonamides is 1. The summed E-state index contributed by atoms with van der Waals surface area (Å²) in [6, 6.07) is 4.40. The number of aromatic nitrogens is 2. The average molecular weight is 311 g/mol. The second kappa shape index (κ2) is 6.04. The summed E-state index contributed by atoms with van der Waals surface area (Å²) in [7, 11) is -0.764. The highest BCUT2D eigenvalue weighted by molar-refractivity contribution is 7.92. The molecule has 0 radical (unpaired) electrons. The van der Waals surface area contributed by atoms with Gasteiger partial charge in [-0.1, -0.05) is 0 Å². The summed E-state index contributed by atoms with van der Waals surface area (Å²) in [6.07, 6.45) is 3.08. The Kier molecular flexibility index (Phi) is 4.37. The van der Waals surface area contributed by atoms with E-state index in [1.165, 1.54) is 32.5 Å². The molecule has 1 aromatic heterocycles. The summed E-state index contributed by atoms with van der Waals surface area (Å²) >= 11 is 0. The van der Waals surface area contributed by atoms with Crippen molar-refractivity contribution in [1.29, 1.82) is 0 Å². The normalized spacial score (nSPS) is 11.2. The van der Waals surface area contributed by atoms with Crippen LogP contribution in [-0.4, -0.2) is 32.4 Å². The van der Waals surface area contributed by atoms with Crippen molar-refractivity contribution in [3.05, 3.63) is 30.6 Å². The third-order valence-electron chi connectivity index (χ3n) is 2.87. The number of nitrogens with one attached hydrogen (secondary N) is 1. The lowest BCUT2D eigenvalue weighted by atomic mass is 10.3. The van der Waals surface area contributed by atoms with Crippen LogP contribution in [0.5, 0.6) is 11.5 Å². The predicted molar refractivity (Wildman–Crippen MR) is 78.3 cm³/mol. The number of hydrogen-bond donors (Lipinski definition) is 1. The zero-order valence-electron chi connectivity index (χ0n) is 12.0. The molecule has 0 aliphatic carbocycles. The molecule has 0 bridgehead atoms. The molecule has 114 valence electrons. The third kappa shape index (κ3) is 3.27. The molecule has 0 amide bonds. The molecule has 7 nitrogen and oxygen atoms in total. The second-order valence-corrected chi connectivity index (χ2v) is 5.89. The highest BCUT2D eigenvalue weighted by Gasteiger charge is 2.17. The van der Waals surface area contributed by atoms with Crippen molar-refractivity contribution in [2.24, 2.45) is 0 Å². The van der Waals surface area contributed by atoms with E-state index in [0.717, 1.165) is 0 Å². The number of hydrogen-bond acceptors (Lipinski definition) is 5. The van der Waals surface area contributed by atoms with Gasteiger partial charge in [-0.25, -0.2) is 8.42 Å². The standard InChI is InChI=1S/C13H17N3O4S/c1-4-16-9-10(8-14-16)15-21(17,18)11-5-6-12(19-2)13(7-11)20-3/h5-9,15H,4H2,1-3H3. The van der Waals surface area contributed by atoms with Gasteiger partial charge in [0.2, 0.25) is 0 Å². The van der Waals surface area contributed by atoms with E-state index in [9.17, 15) is 8.42 Å². The highest BCUT2D eigenvalue weighted by atomic mass is 32.2. The molecule has 21 heavy (non-hydrogen) atoms. The van der Waals surface area contributed by atoms with Crippen LogP contribution in [0.4, 0.5) is 5.69 Å². The van der Waals surface area contributed by atoms with Gasteiger partial charge >= 0.3 is 0 Å².